The Balaban J connectivity index is 1.81. The third-order valence-electron chi connectivity index (χ3n) is 4.04. The second-order valence-corrected chi connectivity index (χ2v) is 9.47. The summed E-state index contributed by atoms with van der Waals surface area (Å²) in [6.45, 7) is 2.46. The van der Waals surface area contributed by atoms with Crippen molar-refractivity contribution in [3.05, 3.63) is 64.4 Å². The molecule has 0 aliphatic heterocycles. The van der Waals surface area contributed by atoms with Crippen LogP contribution >= 0.6 is 23.4 Å². The Labute approximate surface area is 183 Å². The fourth-order valence-corrected chi connectivity index (χ4v) is 5.18. The zero-order valence-corrected chi connectivity index (χ0v) is 18.5. The molecule has 7 nitrogen and oxygen atoms in total. The molecular weight excluding hydrogens is 448 g/mol. The first-order valence-corrected chi connectivity index (χ1v) is 11.4. The summed E-state index contributed by atoms with van der Waals surface area (Å²) in [7, 11) is -4.27. The lowest BCUT2D eigenvalue weighted by molar-refractivity contribution is 0.0841. The van der Waals surface area contributed by atoms with Crippen LogP contribution in [0.1, 0.15) is 27.8 Å². The van der Waals surface area contributed by atoms with Crippen molar-refractivity contribution in [1.82, 2.24) is 9.46 Å². The number of terminal acetylenes is 1. The van der Waals surface area contributed by atoms with Gasteiger partial charge in [0.25, 0.3) is 10.0 Å². The first-order chi connectivity index (χ1) is 14.2. The second-order valence-electron chi connectivity index (χ2n) is 6.18. The number of aryl methyl sites for hydroxylation is 2. The zero-order valence-electron chi connectivity index (χ0n) is 16.1. The van der Waals surface area contributed by atoms with Crippen LogP contribution in [-0.2, 0) is 15.8 Å². The van der Waals surface area contributed by atoms with Gasteiger partial charge in [0, 0.05) is 9.92 Å². The summed E-state index contributed by atoms with van der Waals surface area (Å²) in [5.74, 6) is 2.23. The fraction of sp³-hybridized carbons (Fsp3) is 0.200. The van der Waals surface area contributed by atoms with E-state index in [0.717, 1.165) is 4.90 Å². The number of benzene rings is 1. The quantitative estimate of drug-likeness (QED) is 0.380. The summed E-state index contributed by atoms with van der Waals surface area (Å²) in [4.78, 5) is 13.7. The molecule has 1 amide bonds. The van der Waals surface area contributed by atoms with Gasteiger partial charge in [-0.05, 0) is 50.2 Å². The molecule has 30 heavy (non-hydrogen) atoms. The van der Waals surface area contributed by atoms with E-state index in [4.69, 9.17) is 27.0 Å². The number of amides is 1. The minimum Gasteiger partial charge on any atom is -0.455 e. The Bertz CT molecular complexity index is 1190. The summed E-state index contributed by atoms with van der Waals surface area (Å²) >= 11 is 7.36. The van der Waals surface area contributed by atoms with Gasteiger partial charge in [0.15, 0.2) is 16.4 Å². The molecule has 0 aliphatic rings. The van der Waals surface area contributed by atoms with Crippen LogP contribution in [0.15, 0.2) is 55.1 Å². The van der Waals surface area contributed by atoms with Gasteiger partial charge in [-0.2, -0.15) is 0 Å². The van der Waals surface area contributed by atoms with Gasteiger partial charge in [0.1, 0.15) is 11.5 Å². The van der Waals surface area contributed by atoms with Gasteiger partial charge in [0.05, 0.1) is 12.3 Å². The highest BCUT2D eigenvalue weighted by atomic mass is 35.5. The Hall–Kier alpha value is -2.67. The van der Waals surface area contributed by atoms with Gasteiger partial charge in [-0.3, -0.25) is 4.79 Å². The normalized spacial score (nSPS) is 11.3. The maximum Gasteiger partial charge on any atom is 0.304 e. The maximum absolute atomic E-state index is 13.0. The largest absolute Gasteiger partial charge is 0.455 e. The fourth-order valence-electron chi connectivity index (χ4n) is 2.68. The molecule has 0 spiro atoms. The van der Waals surface area contributed by atoms with Crippen LogP contribution in [0.4, 0.5) is 0 Å². The molecule has 0 N–H and O–H groups in total. The van der Waals surface area contributed by atoms with Crippen molar-refractivity contribution in [2.24, 2.45) is 0 Å². The van der Waals surface area contributed by atoms with Crippen molar-refractivity contribution >= 4 is 39.3 Å². The predicted octanol–water partition coefficient (Wildman–Crippen LogP) is 4.29. The van der Waals surface area contributed by atoms with Crippen LogP contribution < -0.4 is 0 Å². The number of hydrogen-bond acceptors (Lipinski definition) is 7. The lowest BCUT2D eigenvalue weighted by atomic mass is 10.4. The molecule has 10 heteroatoms. The number of halogens is 1. The molecule has 156 valence electrons. The Morgan fingerprint density at radius 3 is 2.53 bits per heavy atom. The van der Waals surface area contributed by atoms with Crippen LogP contribution in [0.25, 0.3) is 0 Å². The Kier molecular flexibility index (Phi) is 6.61. The molecule has 0 fully saturated rings. The minimum atomic E-state index is -4.27. The average molecular weight is 465 g/mol. The molecule has 2 heterocycles. The van der Waals surface area contributed by atoms with Crippen molar-refractivity contribution in [3.8, 4) is 12.3 Å². The highest BCUT2D eigenvalue weighted by Gasteiger charge is 2.35. The van der Waals surface area contributed by atoms with E-state index < -0.39 is 22.5 Å². The standard InChI is InChI=1S/C20H17ClN2O5S2/c1-4-11-23(30(25,26)19-13(2)22-28-14(19)3)20(24)18-10-7-16(27-18)12-29-17-8-5-15(21)6-9-17/h1,5-10H,11-12H2,2-3H3. The first kappa shape index (κ1) is 22.0. The topological polar surface area (TPSA) is 93.6 Å². The molecule has 1 aromatic carbocycles. The van der Waals surface area contributed by atoms with Crippen LogP contribution in [0.5, 0.6) is 0 Å². The Morgan fingerprint density at radius 1 is 1.23 bits per heavy atom. The maximum atomic E-state index is 13.0. The van der Waals surface area contributed by atoms with Gasteiger partial charge in [-0.25, -0.2) is 12.7 Å². The summed E-state index contributed by atoms with van der Waals surface area (Å²) in [5.41, 5.74) is 0.141. The van der Waals surface area contributed by atoms with E-state index in [-0.39, 0.29) is 22.1 Å². The van der Waals surface area contributed by atoms with E-state index in [1.807, 2.05) is 12.1 Å². The predicted molar refractivity (Wildman–Crippen MR) is 113 cm³/mol. The van der Waals surface area contributed by atoms with Gasteiger partial charge >= 0.3 is 5.91 Å². The summed E-state index contributed by atoms with van der Waals surface area (Å²) in [5, 5.41) is 4.28. The van der Waals surface area contributed by atoms with Gasteiger partial charge in [-0.1, -0.05) is 22.7 Å². The monoisotopic (exact) mass is 464 g/mol. The zero-order chi connectivity index (χ0) is 21.9. The van der Waals surface area contributed by atoms with Crippen molar-refractivity contribution < 1.29 is 22.2 Å². The third-order valence-corrected chi connectivity index (χ3v) is 7.30. The second kappa shape index (κ2) is 9.00. The van der Waals surface area contributed by atoms with Crippen molar-refractivity contribution in [3.63, 3.8) is 0 Å². The lowest BCUT2D eigenvalue weighted by Gasteiger charge is -2.18. The van der Waals surface area contributed by atoms with E-state index in [0.29, 0.717) is 20.8 Å². The molecule has 0 saturated carbocycles. The SMILES string of the molecule is C#CCN(C(=O)c1ccc(CSc2ccc(Cl)cc2)o1)S(=O)(=O)c1c(C)noc1C. The van der Waals surface area contributed by atoms with E-state index in [2.05, 4.69) is 11.1 Å². The summed E-state index contributed by atoms with van der Waals surface area (Å²) in [6, 6.07) is 10.3. The molecular formula is C20H17ClN2O5S2. The summed E-state index contributed by atoms with van der Waals surface area (Å²) in [6.07, 6.45) is 5.31. The number of carbonyl (C=O) groups is 1. The van der Waals surface area contributed by atoms with Crippen LogP contribution in [0.3, 0.4) is 0 Å². The first-order valence-electron chi connectivity index (χ1n) is 8.64. The molecule has 0 saturated heterocycles. The van der Waals surface area contributed by atoms with Gasteiger partial charge < -0.3 is 8.94 Å². The molecule has 3 rings (SSSR count). The summed E-state index contributed by atoms with van der Waals surface area (Å²) < 4.78 is 37.2. The Morgan fingerprint density at radius 2 is 1.93 bits per heavy atom. The van der Waals surface area contributed by atoms with Crippen molar-refractivity contribution in [1.29, 1.82) is 0 Å². The number of nitrogens with zero attached hydrogens (tertiary/aromatic N) is 2. The minimum absolute atomic E-state index is 0.0711. The van der Waals surface area contributed by atoms with E-state index in [1.54, 1.807) is 18.2 Å². The van der Waals surface area contributed by atoms with Crippen LogP contribution in [0, 0.1) is 26.2 Å². The third kappa shape index (κ3) is 4.56. The van der Waals surface area contributed by atoms with E-state index >= 15 is 0 Å². The highest BCUT2D eigenvalue weighted by Crippen LogP contribution is 2.27. The number of aromatic nitrogens is 1. The van der Waals surface area contributed by atoms with Crippen molar-refractivity contribution in [2.45, 2.75) is 29.4 Å². The molecule has 0 bridgehead atoms. The molecule has 0 atom stereocenters. The molecule has 0 radical (unpaired) electrons. The average Bonchev–Trinajstić information content (AvgIpc) is 3.31. The van der Waals surface area contributed by atoms with Crippen LogP contribution in [-0.4, -0.2) is 30.3 Å². The van der Waals surface area contributed by atoms with Crippen LogP contribution in [0.2, 0.25) is 5.02 Å². The van der Waals surface area contributed by atoms with Crippen molar-refractivity contribution in [2.75, 3.05) is 6.54 Å². The lowest BCUT2D eigenvalue weighted by Crippen LogP contribution is -2.37. The number of rotatable bonds is 7. The molecule has 0 unspecified atom stereocenters. The number of sulfonamides is 1. The molecule has 2 aromatic heterocycles. The molecule has 3 aromatic rings. The number of furan rings is 1. The molecule has 0 aliphatic carbocycles. The van der Waals surface area contributed by atoms with E-state index in [9.17, 15) is 13.2 Å². The smallest absolute Gasteiger partial charge is 0.304 e. The number of carbonyl (C=O) groups excluding carboxylic acids is 1. The van der Waals surface area contributed by atoms with Gasteiger partial charge in [-0.15, -0.1) is 18.2 Å². The highest BCUT2D eigenvalue weighted by molar-refractivity contribution is 7.98. The van der Waals surface area contributed by atoms with Gasteiger partial charge in [0.2, 0.25) is 0 Å². The number of hydrogen-bond donors (Lipinski definition) is 0. The number of thioether (sulfide) groups is 1. The van der Waals surface area contributed by atoms with E-state index in [1.165, 1.54) is 31.7 Å².